The summed E-state index contributed by atoms with van der Waals surface area (Å²) in [5.41, 5.74) is 0.429. The summed E-state index contributed by atoms with van der Waals surface area (Å²) >= 11 is 0. The van der Waals surface area contributed by atoms with Crippen molar-refractivity contribution < 1.29 is 28.6 Å². The molecule has 0 saturated heterocycles. The van der Waals surface area contributed by atoms with Crippen LogP contribution in [0.25, 0.3) is 0 Å². The van der Waals surface area contributed by atoms with Gasteiger partial charge < -0.3 is 24.8 Å². The molecule has 2 N–H and O–H groups in total. The van der Waals surface area contributed by atoms with E-state index in [1.807, 2.05) is 6.07 Å². The molecule has 0 radical (unpaired) electrons. The first-order chi connectivity index (χ1) is 24.0. The first-order valence-corrected chi connectivity index (χ1v) is 20.1. The molecule has 8 heteroatoms. The highest BCUT2D eigenvalue weighted by Gasteiger charge is 2.13. The van der Waals surface area contributed by atoms with E-state index < -0.39 is 0 Å². The highest BCUT2D eigenvalue weighted by molar-refractivity contribution is 5.90. The van der Waals surface area contributed by atoms with E-state index in [1.54, 1.807) is 12.1 Å². The van der Waals surface area contributed by atoms with Gasteiger partial charge >= 0.3 is 5.97 Å². The summed E-state index contributed by atoms with van der Waals surface area (Å²) in [5, 5.41) is 6.03. The van der Waals surface area contributed by atoms with Gasteiger partial charge in [0, 0.05) is 32.0 Å². The molecule has 0 aliphatic carbocycles. The lowest BCUT2D eigenvalue weighted by Gasteiger charge is -2.13. The first kappa shape index (κ1) is 44.3. The van der Waals surface area contributed by atoms with Crippen LogP contribution >= 0.6 is 0 Å². The summed E-state index contributed by atoms with van der Waals surface area (Å²) < 4.78 is 17.7. The van der Waals surface area contributed by atoms with E-state index in [0.29, 0.717) is 49.7 Å². The zero-order valence-electron chi connectivity index (χ0n) is 31.7. The molecule has 0 bridgehead atoms. The van der Waals surface area contributed by atoms with Gasteiger partial charge in [-0.1, -0.05) is 104 Å². The fraction of sp³-hybridized carbons (Fsp3) is 0.780. The van der Waals surface area contributed by atoms with Crippen molar-refractivity contribution in [2.75, 3.05) is 32.9 Å². The van der Waals surface area contributed by atoms with Crippen LogP contribution in [0.15, 0.2) is 18.2 Å². The monoisotopic (exact) mass is 689 g/mol. The Morgan fingerprint density at radius 3 is 1.33 bits per heavy atom. The van der Waals surface area contributed by atoms with Crippen LogP contribution in [0.3, 0.4) is 0 Å². The minimum Gasteiger partial charge on any atom is -0.493 e. The second-order valence-electron chi connectivity index (χ2n) is 13.4. The zero-order chi connectivity index (χ0) is 35.6. The number of carbonyl (C=O) groups excluding carboxylic acids is 3. The Morgan fingerprint density at radius 1 is 0.469 bits per heavy atom. The summed E-state index contributed by atoms with van der Waals surface area (Å²) in [4.78, 5) is 37.1. The third-order valence-corrected chi connectivity index (χ3v) is 8.69. The molecule has 8 nitrogen and oxygen atoms in total. The number of unbranched alkanes of at least 4 members (excludes halogenated alkanes) is 17. The molecule has 0 heterocycles. The number of ether oxygens (including phenoxy) is 3. The molecule has 0 aliphatic rings. The molecule has 0 aromatic heterocycles. The van der Waals surface area contributed by atoms with Gasteiger partial charge in [-0.05, 0) is 69.9 Å². The highest BCUT2D eigenvalue weighted by Crippen LogP contribution is 2.25. The molecular formula is C41H72N2O6. The molecule has 0 spiro atoms. The van der Waals surface area contributed by atoms with E-state index in [0.717, 1.165) is 77.3 Å². The van der Waals surface area contributed by atoms with Crippen molar-refractivity contribution in [3.05, 3.63) is 23.8 Å². The second-order valence-corrected chi connectivity index (χ2v) is 13.4. The van der Waals surface area contributed by atoms with E-state index in [2.05, 4.69) is 31.4 Å². The van der Waals surface area contributed by atoms with E-state index in [-0.39, 0.29) is 17.8 Å². The zero-order valence-corrected chi connectivity index (χ0v) is 31.7. The standard InChI is InChI=1S/C41H72N2O6/c1-4-7-10-13-14-15-16-23-32-49-41(46)36-33-37(47-30-24-17-19-26-39(44)42-28-21-11-8-5-2)35-38(34-36)48-31-25-18-20-27-40(45)43-29-22-12-9-6-3/h33-35H,4-32H2,1-3H3,(H,42,44)(H,43,45). The Morgan fingerprint density at radius 2 is 0.857 bits per heavy atom. The summed E-state index contributed by atoms with van der Waals surface area (Å²) in [6, 6.07) is 5.29. The van der Waals surface area contributed by atoms with Gasteiger partial charge in [0.25, 0.3) is 0 Å². The summed E-state index contributed by atoms with van der Waals surface area (Å²) in [5.74, 6) is 1.05. The molecule has 0 aliphatic heterocycles. The fourth-order valence-corrected chi connectivity index (χ4v) is 5.59. The third kappa shape index (κ3) is 26.7. The Labute approximate surface area is 299 Å². The SMILES string of the molecule is CCCCCCCCCCOC(=O)c1cc(OCCCCCC(=O)NCCCCCC)cc(OCCCCCC(=O)NCCCCCC)c1. The molecule has 49 heavy (non-hydrogen) atoms. The Bertz CT molecular complexity index is 913. The number of hydrogen-bond donors (Lipinski definition) is 2. The average Bonchev–Trinajstić information content (AvgIpc) is 3.10. The average molecular weight is 689 g/mol. The fourth-order valence-electron chi connectivity index (χ4n) is 5.59. The number of rotatable bonds is 34. The number of esters is 1. The molecule has 0 unspecified atom stereocenters. The lowest BCUT2D eigenvalue weighted by atomic mass is 10.1. The molecule has 282 valence electrons. The number of carbonyl (C=O) groups is 3. The molecule has 1 aromatic rings. The van der Waals surface area contributed by atoms with Crippen molar-refractivity contribution in [2.24, 2.45) is 0 Å². The van der Waals surface area contributed by atoms with Gasteiger partial charge in [0.2, 0.25) is 11.8 Å². The van der Waals surface area contributed by atoms with Crippen molar-refractivity contribution in [1.29, 1.82) is 0 Å². The van der Waals surface area contributed by atoms with Crippen LogP contribution in [-0.2, 0) is 14.3 Å². The van der Waals surface area contributed by atoms with Gasteiger partial charge in [-0.3, -0.25) is 9.59 Å². The van der Waals surface area contributed by atoms with Gasteiger partial charge in [0.05, 0.1) is 25.4 Å². The number of hydrogen-bond acceptors (Lipinski definition) is 6. The second kappa shape index (κ2) is 32.4. The summed E-state index contributed by atoms with van der Waals surface area (Å²) in [7, 11) is 0. The summed E-state index contributed by atoms with van der Waals surface area (Å²) in [6.45, 7) is 9.53. The van der Waals surface area contributed by atoms with Crippen LogP contribution < -0.4 is 20.1 Å². The third-order valence-electron chi connectivity index (χ3n) is 8.69. The topological polar surface area (TPSA) is 103 Å². The number of benzene rings is 1. The predicted molar refractivity (Wildman–Crippen MR) is 202 cm³/mol. The maximum Gasteiger partial charge on any atom is 0.338 e. The molecular weight excluding hydrogens is 616 g/mol. The Balaban J connectivity index is 2.49. The molecule has 0 atom stereocenters. The maximum atomic E-state index is 13.0. The van der Waals surface area contributed by atoms with E-state index in [4.69, 9.17) is 14.2 Å². The van der Waals surface area contributed by atoms with Crippen LogP contribution in [0.4, 0.5) is 0 Å². The maximum absolute atomic E-state index is 13.0. The van der Waals surface area contributed by atoms with Crippen LogP contribution in [0.5, 0.6) is 11.5 Å². The summed E-state index contributed by atoms with van der Waals surface area (Å²) in [6.07, 6.45) is 24.9. The minimum atomic E-state index is -0.361. The number of nitrogens with one attached hydrogen (secondary N) is 2. The van der Waals surface area contributed by atoms with E-state index >= 15 is 0 Å². The molecule has 0 fully saturated rings. The molecule has 1 rings (SSSR count). The van der Waals surface area contributed by atoms with Gasteiger partial charge in [0.1, 0.15) is 11.5 Å². The predicted octanol–water partition coefficient (Wildman–Crippen LogP) is 10.3. The van der Waals surface area contributed by atoms with Crippen LogP contribution in [0.2, 0.25) is 0 Å². The molecule has 2 amide bonds. The van der Waals surface area contributed by atoms with Gasteiger partial charge in [0.15, 0.2) is 0 Å². The van der Waals surface area contributed by atoms with Crippen LogP contribution in [0.1, 0.15) is 185 Å². The first-order valence-electron chi connectivity index (χ1n) is 20.1. The van der Waals surface area contributed by atoms with Crippen LogP contribution in [0, 0.1) is 0 Å². The minimum absolute atomic E-state index is 0.124. The lowest BCUT2D eigenvalue weighted by Crippen LogP contribution is -2.23. The largest absolute Gasteiger partial charge is 0.493 e. The smallest absolute Gasteiger partial charge is 0.338 e. The quantitative estimate of drug-likeness (QED) is 0.0552. The van der Waals surface area contributed by atoms with E-state index in [9.17, 15) is 14.4 Å². The van der Waals surface area contributed by atoms with Crippen molar-refractivity contribution in [1.82, 2.24) is 10.6 Å². The van der Waals surface area contributed by atoms with Crippen molar-refractivity contribution in [3.63, 3.8) is 0 Å². The van der Waals surface area contributed by atoms with Crippen molar-refractivity contribution in [2.45, 2.75) is 175 Å². The lowest BCUT2D eigenvalue weighted by molar-refractivity contribution is -0.122. The van der Waals surface area contributed by atoms with Crippen molar-refractivity contribution >= 4 is 17.8 Å². The Kier molecular flexibility index (Phi) is 29.3. The Hall–Kier alpha value is -2.77. The molecule has 1 aromatic carbocycles. The van der Waals surface area contributed by atoms with Crippen LogP contribution in [-0.4, -0.2) is 50.7 Å². The molecule has 0 saturated carbocycles. The van der Waals surface area contributed by atoms with E-state index in [1.165, 1.54) is 77.0 Å². The van der Waals surface area contributed by atoms with Gasteiger partial charge in [-0.15, -0.1) is 0 Å². The van der Waals surface area contributed by atoms with Gasteiger partial charge in [-0.25, -0.2) is 4.79 Å². The highest BCUT2D eigenvalue weighted by atomic mass is 16.5. The number of amides is 2. The normalized spacial score (nSPS) is 10.9. The van der Waals surface area contributed by atoms with Gasteiger partial charge in [-0.2, -0.15) is 0 Å². The van der Waals surface area contributed by atoms with Crippen molar-refractivity contribution in [3.8, 4) is 11.5 Å².